The molecule has 0 aromatic carbocycles. The number of alkyl halides is 3. The monoisotopic (exact) mass is 289 g/mol. The van der Waals surface area contributed by atoms with E-state index in [-0.39, 0.29) is 11.5 Å². The normalized spacial score (nSPS) is 26.2. The van der Waals surface area contributed by atoms with Crippen molar-refractivity contribution in [2.24, 2.45) is 5.92 Å². The molecule has 1 N–H and O–H groups in total. The lowest BCUT2D eigenvalue weighted by Crippen LogP contribution is -2.41. The molecule has 0 saturated carbocycles. The van der Waals surface area contributed by atoms with Crippen LogP contribution in [0.4, 0.5) is 13.2 Å². The van der Waals surface area contributed by atoms with E-state index in [4.69, 9.17) is 4.74 Å². The van der Waals surface area contributed by atoms with E-state index < -0.39 is 11.7 Å². The van der Waals surface area contributed by atoms with Gasteiger partial charge in [-0.15, -0.1) is 0 Å². The van der Waals surface area contributed by atoms with E-state index in [0.717, 1.165) is 44.7 Å². The summed E-state index contributed by atoms with van der Waals surface area (Å²) in [6.45, 7) is 3.01. The third-order valence-corrected chi connectivity index (χ3v) is 4.21. The highest BCUT2D eigenvalue weighted by Gasteiger charge is 2.41. The molecule has 3 rings (SSSR count). The lowest BCUT2D eigenvalue weighted by Gasteiger charge is -2.33. The van der Waals surface area contributed by atoms with Gasteiger partial charge in [0.05, 0.1) is 24.0 Å². The fourth-order valence-corrected chi connectivity index (χ4v) is 3.16. The van der Waals surface area contributed by atoms with Crippen molar-refractivity contribution in [1.29, 1.82) is 0 Å². The second kappa shape index (κ2) is 5.04. The lowest BCUT2D eigenvalue weighted by atomic mass is 9.86. The Morgan fingerprint density at radius 2 is 2.15 bits per heavy atom. The molecule has 20 heavy (non-hydrogen) atoms. The maximum atomic E-state index is 12.5. The molecule has 4 nitrogen and oxygen atoms in total. The van der Waals surface area contributed by atoms with Crippen molar-refractivity contribution >= 4 is 0 Å². The summed E-state index contributed by atoms with van der Waals surface area (Å²) < 4.78 is 44.9. The first kappa shape index (κ1) is 13.9. The van der Waals surface area contributed by atoms with Gasteiger partial charge >= 0.3 is 6.18 Å². The standard InChI is InChI=1S/C13H18F3N3O/c14-13(15,16)11-6-18-19(8-11)7-10-5-12(20-9-10)1-3-17-4-2-12/h6,8,10,17H,1-5,7,9H2. The van der Waals surface area contributed by atoms with Crippen molar-refractivity contribution in [3.63, 3.8) is 0 Å². The number of rotatable bonds is 2. The number of hydrogen-bond donors (Lipinski definition) is 1. The predicted molar refractivity (Wildman–Crippen MR) is 66.1 cm³/mol. The second-order valence-corrected chi connectivity index (χ2v) is 5.76. The van der Waals surface area contributed by atoms with Gasteiger partial charge in [0.15, 0.2) is 0 Å². The van der Waals surface area contributed by atoms with E-state index in [1.165, 1.54) is 4.68 Å². The maximum absolute atomic E-state index is 12.5. The summed E-state index contributed by atoms with van der Waals surface area (Å²) in [6, 6.07) is 0. The number of ether oxygens (including phenoxy) is 1. The molecule has 1 unspecified atom stereocenters. The first-order valence-corrected chi connectivity index (χ1v) is 6.91. The zero-order valence-corrected chi connectivity index (χ0v) is 11.1. The number of halogens is 3. The molecular weight excluding hydrogens is 271 g/mol. The van der Waals surface area contributed by atoms with E-state index in [0.29, 0.717) is 13.2 Å². The molecule has 0 amide bonds. The van der Waals surface area contributed by atoms with Gasteiger partial charge in [-0.1, -0.05) is 0 Å². The van der Waals surface area contributed by atoms with Gasteiger partial charge in [-0.25, -0.2) is 0 Å². The molecule has 1 atom stereocenters. The van der Waals surface area contributed by atoms with Gasteiger partial charge in [-0.3, -0.25) is 4.68 Å². The lowest BCUT2D eigenvalue weighted by molar-refractivity contribution is -0.137. The molecule has 2 aliphatic rings. The van der Waals surface area contributed by atoms with Gasteiger partial charge < -0.3 is 10.1 Å². The Balaban J connectivity index is 1.60. The summed E-state index contributed by atoms with van der Waals surface area (Å²) >= 11 is 0. The summed E-state index contributed by atoms with van der Waals surface area (Å²) in [5, 5.41) is 7.11. The van der Waals surface area contributed by atoms with Crippen LogP contribution in [0, 0.1) is 5.92 Å². The quantitative estimate of drug-likeness (QED) is 0.906. The minimum absolute atomic E-state index is 0.0596. The van der Waals surface area contributed by atoms with Crippen LogP contribution in [0.25, 0.3) is 0 Å². The first-order chi connectivity index (χ1) is 9.47. The Kier molecular flexibility index (Phi) is 3.50. The Morgan fingerprint density at radius 3 is 2.80 bits per heavy atom. The van der Waals surface area contributed by atoms with Gasteiger partial charge in [0.1, 0.15) is 0 Å². The Bertz CT molecular complexity index is 466. The molecule has 0 aliphatic carbocycles. The zero-order valence-electron chi connectivity index (χ0n) is 11.1. The third kappa shape index (κ3) is 2.83. The van der Waals surface area contributed by atoms with Crippen LogP contribution in [-0.2, 0) is 17.5 Å². The molecule has 1 spiro atoms. The summed E-state index contributed by atoms with van der Waals surface area (Å²) in [4.78, 5) is 0. The number of nitrogens with one attached hydrogen (secondary N) is 1. The molecular formula is C13H18F3N3O. The highest BCUT2D eigenvalue weighted by molar-refractivity contribution is 5.08. The number of nitrogens with zero attached hydrogens (tertiary/aromatic N) is 2. The third-order valence-electron chi connectivity index (χ3n) is 4.21. The molecule has 2 aliphatic heterocycles. The van der Waals surface area contributed by atoms with Crippen LogP contribution in [0.2, 0.25) is 0 Å². The topological polar surface area (TPSA) is 39.1 Å². The SMILES string of the molecule is FC(F)(F)c1cnn(CC2COC3(CCNCC3)C2)c1. The van der Waals surface area contributed by atoms with Crippen molar-refractivity contribution in [2.45, 2.75) is 37.6 Å². The van der Waals surface area contributed by atoms with Crippen LogP contribution in [0.3, 0.4) is 0 Å². The second-order valence-electron chi connectivity index (χ2n) is 5.76. The van der Waals surface area contributed by atoms with Crippen LogP contribution >= 0.6 is 0 Å². The maximum Gasteiger partial charge on any atom is 0.419 e. The van der Waals surface area contributed by atoms with Gasteiger partial charge in [0.2, 0.25) is 0 Å². The minimum Gasteiger partial charge on any atom is -0.375 e. The Morgan fingerprint density at radius 1 is 1.40 bits per heavy atom. The van der Waals surface area contributed by atoms with Crippen molar-refractivity contribution < 1.29 is 17.9 Å². The largest absolute Gasteiger partial charge is 0.419 e. The smallest absolute Gasteiger partial charge is 0.375 e. The van der Waals surface area contributed by atoms with Gasteiger partial charge in [0.25, 0.3) is 0 Å². The fraction of sp³-hybridized carbons (Fsp3) is 0.769. The number of aromatic nitrogens is 2. The van der Waals surface area contributed by atoms with Crippen LogP contribution in [-0.4, -0.2) is 35.1 Å². The average Bonchev–Trinajstić information content (AvgIpc) is 2.99. The molecule has 2 saturated heterocycles. The first-order valence-electron chi connectivity index (χ1n) is 6.91. The fourth-order valence-electron chi connectivity index (χ4n) is 3.16. The van der Waals surface area contributed by atoms with Crippen LogP contribution < -0.4 is 5.32 Å². The van der Waals surface area contributed by atoms with E-state index >= 15 is 0 Å². The van der Waals surface area contributed by atoms with Gasteiger partial charge in [-0.05, 0) is 32.4 Å². The molecule has 7 heteroatoms. The predicted octanol–water partition coefficient (Wildman–Crippen LogP) is 2.06. The molecule has 2 fully saturated rings. The average molecular weight is 289 g/mol. The molecule has 112 valence electrons. The molecule has 3 heterocycles. The van der Waals surface area contributed by atoms with E-state index in [1.54, 1.807) is 0 Å². The van der Waals surface area contributed by atoms with E-state index in [9.17, 15) is 13.2 Å². The summed E-state index contributed by atoms with van der Waals surface area (Å²) in [5.74, 6) is 0.245. The minimum atomic E-state index is -4.32. The summed E-state index contributed by atoms with van der Waals surface area (Å²) in [7, 11) is 0. The highest BCUT2D eigenvalue weighted by Crippen LogP contribution is 2.37. The van der Waals surface area contributed by atoms with Gasteiger partial charge in [0, 0.05) is 18.7 Å². The van der Waals surface area contributed by atoms with Gasteiger partial charge in [-0.2, -0.15) is 18.3 Å². The van der Waals surface area contributed by atoms with Crippen LogP contribution in [0.1, 0.15) is 24.8 Å². The number of hydrogen-bond acceptors (Lipinski definition) is 3. The van der Waals surface area contributed by atoms with Crippen molar-refractivity contribution in [1.82, 2.24) is 15.1 Å². The Hall–Kier alpha value is -1.08. The highest BCUT2D eigenvalue weighted by atomic mass is 19.4. The van der Waals surface area contributed by atoms with Crippen molar-refractivity contribution in [2.75, 3.05) is 19.7 Å². The van der Waals surface area contributed by atoms with E-state index in [2.05, 4.69) is 10.4 Å². The van der Waals surface area contributed by atoms with E-state index in [1.807, 2.05) is 0 Å². The zero-order chi connectivity index (χ0) is 14.2. The van der Waals surface area contributed by atoms with Crippen LogP contribution in [0.15, 0.2) is 12.4 Å². The van der Waals surface area contributed by atoms with Crippen LogP contribution in [0.5, 0.6) is 0 Å². The molecule has 1 aromatic heterocycles. The number of piperidine rings is 1. The molecule has 0 radical (unpaired) electrons. The summed E-state index contributed by atoms with van der Waals surface area (Å²) in [5.41, 5.74) is -0.747. The Labute approximate surface area is 115 Å². The molecule has 0 bridgehead atoms. The summed E-state index contributed by atoms with van der Waals surface area (Å²) in [6.07, 6.45) is 0.521. The van der Waals surface area contributed by atoms with Crippen molar-refractivity contribution in [3.8, 4) is 0 Å². The molecule has 1 aromatic rings. The van der Waals surface area contributed by atoms with Crippen molar-refractivity contribution in [3.05, 3.63) is 18.0 Å².